The van der Waals surface area contributed by atoms with Crippen LogP contribution in [0.25, 0.3) is 0 Å². The number of urea groups is 1. The number of carbonyl (C=O) groups excluding carboxylic acids is 3. The fourth-order valence-corrected chi connectivity index (χ4v) is 5.62. The molecule has 0 unspecified atom stereocenters. The predicted octanol–water partition coefficient (Wildman–Crippen LogP) is 3.89. The Morgan fingerprint density at radius 1 is 1.08 bits per heavy atom. The molecule has 10 nitrogen and oxygen atoms in total. The largest absolute Gasteiger partial charge is 0.497 e. The third-order valence-electron chi connectivity index (χ3n) is 7.35. The summed E-state index contributed by atoms with van der Waals surface area (Å²) in [5.41, 5.74) is 1.41. The summed E-state index contributed by atoms with van der Waals surface area (Å²) in [6, 6.07) is 3.52. The van der Waals surface area contributed by atoms with Crippen LogP contribution in [0.2, 0.25) is 0 Å². The molecular weight excluding hydrogens is 478 g/mol. The van der Waals surface area contributed by atoms with Crippen LogP contribution in [0.5, 0.6) is 11.5 Å². The standard InChI is InChI=1S/C27H37N3O7/c1-17-12-21-27(8-10-28(11-9-27)25(33)37-26(2,3)4)30(16-22(31)36-7)24(32)29(21)15-18-13-19(34-5)14-20(35-6)23(17)18/h12-14,17H,8-11,15-16H2,1-7H3/t17-/m0/s1. The minimum absolute atomic E-state index is 0.0671. The first-order chi connectivity index (χ1) is 17.4. The molecule has 4 rings (SSSR count). The lowest BCUT2D eigenvalue weighted by molar-refractivity contribution is -0.142. The number of hydrogen-bond acceptors (Lipinski definition) is 7. The number of allylic oxidation sites excluding steroid dienone is 1. The average Bonchev–Trinajstić information content (AvgIpc) is 2.96. The summed E-state index contributed by atoms with van der Waals surface area (Å²) in [6.45, 7) is 8.50. The van der Waals surface area contributed by atoms with Gasteiger partial charge in [0.1, 0.15) is 23.6 Å². The van der Waals surface area contributed by atoms with Crippen LogP contribution in [0.4, 0.5) is 9.59 Å². The summed E-state index contributed by atoms with van der Waals surface area (Å²) >= 11 is 0. The summed E-state index contributed by atoms with van der Waals surface area (Å²) in [6.07, 6.45) is 2.66. The van der Waals surface area contributed by atoms with Crippen molar-refractivity contribution in [3.63, 3.8) is 0 Å². The van der Waals surface area contributed by atoms with Crippen molar-refractivity contribution in [1.29, 1.82) is 0 Å². The molecule has 1 atom stereocenters. The Morgan fingerprint density at radius 3 is 2.32 bits per heavy atom. The van der Waals surface area contributed by atoms with Gasteiger partial charge in [-0.1, -0.05) is 13.0 Å². The van der Waals surface area contributed by atoms with Gasteiger partial charge >= 0.3 is 18.1 Å². The van der Waals surface area contributed by atoms with Gasteiger partial charge in [-0.25, -0.2) is 9.59 Å². The van der Waals surface area contributed by atoms with Gasteiger partial charge in [-0.15, -0.1) is 0 Å². The number of esters is 1. The molecule has 3 aliphatic heterocycles. The molecule has 2 saturated heterocycles. The number of nitrogens with zero attached hydrogens (tertiary/aromatic N) is 3. The van der Waals surface area contributed by atoms with Crippen molar-refractivity contribution in [2.75, 3.05) is 41.0 Å². The van der Waals surface area contributed by atoms with Crippen molar-refractivity contribution in [3.8, 4) is 11.5 Å². The van der Waals surface area contributed by atoms with Crippen LogP contribution in [0.3, 0.4) is 0 Å². The smallest absolute Gasteiger partial charge is 0.410 e. The third-order valence-corrected chi connectivity index (χ3v) is 7.35. The number of methoxy groups -OCH3 is 3. The fourth-order valence-electron chi connectivity index (χ4n) is 5.62. The van der Waals surface area contributed by atoms with Crippen LogP contribution >= 0.6 is 0 Å². The summed E-state index contributed by atoms with van der Waals surface area (Å²) in [4.78, 5) is 44.1. The first-order valence-electron chi connectivity index (χ1n) is 12.5. The zero-order valence-electron chi connectivity index (χ0n) is 22.8. The molecule has 1 spiro atoms. The summed E-state index contributed by atoms with van der Waals surface area (Å²) in [5, 5.41) is 0. The highest BCUT2D eigenvalue weighted by atomic mass is 16.6. The molecule has 0 bridgehead atoms. The minimum Gasteiger partial charge on any atom is -0.497 e. The highest BCUT2D eigenvalue weighted by Gasteiger charge is 2.56. The van der Waals surface area contributed by atoms with E-state index in [9.17, 15) is 14.4 Å². The third kappa shape index (κ3) is 4.81. The van der Waals surface area contributed by atoms with E-state index in [4.69, 9.17) is 18.9 Å². The van der Waals surface area contributed by atoms with E-state index in [0.717, 1.165) is 16.8 Å². The van der Waals surface area contributed by atoms with Crippen LogP contribution in [-0.2, 0) is 20.8 Å². The maximum absolute atomic E-state index is 13.9. The number of likely N-dealkylation sites (tertiary alicyclic amines) is 1. The Kier molecular flexibility index (Phi) is 7.05. The van der Waals surface area contributed by atoms with E-state index in [2.05, 4.69) is 13.0 Å². The van der Waals surface area contributed by atoms with Gasteiger partial charge in [0.2, 0.25) is 0 Å². The lowest BCUT2D eigenvalue weighted by Crippen LogP contribution is -2.56. The Hall–Kier alpha value is -3.43. The Morgan fingerprint density at radius 2 is 1.76 bits per heavy atom. The van der Waals surface area contributed by atoms with Crippen molar-refractivity contribution in [2.24, 2.45) is 0 Å². The van der Waals surface area contributed by atoms with Gasteiger partial charge in [0.05, 0.1) is 33.4 Å². The number of rotatable bonds is 4. The number of carbonyl (C=O) groups is 3. The number of hydrogen-bond donors (Lipinski definition) is 0. The first kappa shape index (κ1) is 26.6. The van der Waals surface area contributed by atoms with Gasteiger partial charge in [-0.05, 0) is 45.2 Å². The van der Waals surface area contributed by atoms with Crippen LogP contribution in [0, 0.1) is 0 Å². The van der Waals surface area contributed by atoms with Crippen molar-refractivity contribution in [2.45, 2.75) is 64.1 Å². The van der Waals surface area contributed by atoms with Gasteiger partial charge in [0.15, 0.2) is 0 Å². The van der Waals surface area contributed by atoms with Crippen molar-refractivity contribution in [1.82, 2.24) is 14.7 Å². The zero-order chi connectivity index (χ0) is 27.1. The molecule has 3 heterocycles. The van der Waals surface area contributed by atoms with Gasteiger partial charge in [-0.2, -0.15) is 0 Å². The van der Waals surface area contributed by atoms with E-state index in [1.807, 2.05) is 32.9 Å². The van der Waals surface area contributed by atoms with E-state index in [0.29, 0.717) is 44.0 Å². The number of piperidine rings is 1. The maximum atomic E-state index is 13.9. The molecule has 2 fully saturated rings. The van der Waals surface area contributed by atoms with E-state index in [1.165, 1.54) is 7.11 Å². The van der Waals surface area contributed by atoms with Crippen molar-refractivity contribution >= 4 is 18.1 Å². The predicted molar refractivity (Wildman–Crippen MR) is 135 cm³/mol. The number of benzene rings is 1. The zero-order valence-corrected chi connectivity index (χ0v) is 22.8. The van der Waals surface area contributed by atoms with E-state index in [1.54, 1.807) is 28.9 Å². The van der Waals surface area contributed by atoms with Crippen LogP contribution in [-0.4, -0.2) is 84.9 Å². The van der Waals surface area contributed by atoms with Gasteiger partial charge in [-0.3, -0.25) is 9.69 Å². The number of amides is 3. The number of ether oxygens (including phenoxy) is 4. The average molecular weight is 516 g/mol. The second-order valence-corrected chi connectivity index (χ2v) is 10.8. The quantitative estimate of drug-likeness (QED) is 0.561. The molecule has 202 valence electrons. The summed E-state index contributed by atoms with van der Waals surface area (Å²) in [7, 11) is 4.53. The molecule has 0 saturated carbocycles. The van der Waals surface area contributed by atoms with Gasteiger partial charge in [0, 0.05) is 36.3 Å². The fraction of sp³-hybridized carbons (Fsp3) is 0.593. The monoisotopic (exact) mass is 515 g/mol. The second kappa shape index (κ2) is 9.79. The number of fused-ring (bicyclic) bond motifs is 3. The highest BCUT2D eigenvalue weighted by molar-refractivity contribution is 5.87. The molecule has 3 aliphatic rings. The van der Waals surface area contributed by atoms with Crippen LogP contribution in [0.15, 0.2) is 23.9 Å². The Bertz CT molecular complexity index is 1120. The maximum Gasteiger partial charge on any atom is 0.410 e. The Labute approximate surface area is 218 Å². The SMILES string of the molecule is COC(=O)CN1C(=O)N2Cc3cc(OC)cc(OC)c3[C@@H](C)C=C2C12CCN(C(=O)OC(C)(C)C)CC2. The lowest BCUT2D eigenvalue weighted by Gasteiger charge is -2.44. The molecule has 0 N–H and O–H groups in total. The van der Waals surface area contributed by atoms with E-state index in [-0.39, 0.29) is 24.6 Å². The lowest BCUT2D eigenvalue weighted by atomic mass is 9.82. The molecule has 0 aromatic heterocycles. The molecule has 37 heavy (non-hydrogen) atoms. The molecule has 1 aromatic carbocycles. The summed E-state index contributed by atoms with van der Waals surface area (Å²) < 4.78 is 21.7. The summed E-state index contributed by atoms with van der Waals surface area (Å²) in [5.74, 6) is 0.789. The van der Waals surface area contributed by atoms with Crippen LogP contribution < -0.4 is 9.47 Å². The van der Waals surface area contributed by atoms with E-state index < -0.39 is 17.1 Å². The molecule has 1 aromatic rings. The highest BCUT2D eigenvalue weighted by Crippen LogP contribution is 2.49. The Balaban J connectivity index is 1.73. The molecule has 3 amide bonds. The van der Waals surface area contributed by atoms with E-state index >= 15 is 0 Å². The molecular formula is C27H37N3O7. The van der Waals surface area contributed by atoms with Gasteiger partial charge in [0.25, 0.3) is 0 Å². The van der Waals surface area contributed by atoms with Crippen LogP contribution in [0.1, 0.15) is 57.6 Å². The van der Waals surface area contributed by atoms with Crippen molar-refractivity contribution < 1.29 is 33.3 Å². The minimum atomic E-state index is -0.753. The van der Waals surface area contributed by atoms with Gasteiger partial charge < -0.3 is 28.7 Å². The molecule has 0 aliphatic carbocycles. The topological polar surface area (TPSA) is 97.9 Å². The van der Waals surface area contributed by atoms with Crippen molar-refractivity contribution in [3.05, 3.63) is 35.0 Å². The second-order valence-electron chi connectivity index (χ2n) is 10.8. The normalized spacial score (nSPS) is 20.6. The first-order valence-corrected chi connectivity index (χ1v) is 12.5. The molecule has 10 heteroatoms. The molecule has 0 radical (unpaired) electrons.